The molecule has 0 saturated carbocycles. The fraction of sp³-hybridized carbons (Fsp3) is 0. The Morgan fingerprint density at radius 1 is 1.00 bits per heavy atom. The van der Waals surface area contributed by atoms with Crippen LogP contribution in [0.2, 0.25) is 5.02 Å². The Morgan fingerprint density at radius 2 is 1.73 bits per heavy atom. The zero-order chi connectivity index (χ0) is 17.9. The van der Waals surface area contributed by atoms with Gasteiger partial charge in [-0.15, -0.1) is 0 Å². The highest BCUT2D eigenvalue weighted by molar-refractivity contribution is 6.30. The number of benzene rings is 2. The second kappa shape index (κ2) is 6.85. The normalized spacial score (nSPS) is 10.7. The van der Waals surface area contributed by atoms with E-state index in [0.717, 1.165) is 11.4 Å². The van der Waals surface area contributed by atoms with Crippen LogP contribution >= 0.6 is 11.6 Å². The topological polar surface area (TPSA) is 64.7 Å². The first kappa shape index (κ1) is 16.1. The summed E-state index contributed by atoms with van der Waals surface area (Å²) in [6, 6.07) is 14.7. The number of carbonyl (C=O) groups is 1. The van der Waals surface area contributed by atoms with E-state index in [1.165, 1.54) is 6.20 Å². The van der Waals surface area contributed by atoms with E-state index in [4.69, 9.17) is 11.6 Å². The number of halogens is 1. The summed E-state index contributed by atoms with van der Waals surface area (Å²) in [6.07, 6.45) is 8.51. The Hall–Kier alpha value is -3.38. The number of aromatic nitrogens is 4. The van der Waals surface area contributed by atoms with Crippen molar-refractivity contribution < 1.29 is 4.79 Å². The van der Waals surface area contributed by atoms with E-state index in [1.807, 2.05) is 47.2 Å². The zero-order valence-corrected chi connectivity index (χ0v) is 14.3. The molecule has 0 atom stereocenters. The molecule has 128 valence electrons. The molecule has 7 heteroatoms. The maximum atomic E-state index is 12.4. The van der Waals surface area contributed by atoms with Gasteiger partial charge in [-0.2, -0.15) is 5.10 Å². The monoisotopic (exact) mass is 363 g/mol. The first-order valence-corrected chi connectivity index (χ1v) is 8.27. The lowest BCUT2D eigenvalue weighted by atomic mass is 10.2. The summed E-state index contributed by atoms with van der Waals surface area (Å²) >= 11 is 5.89. The Labute approximate surface area is 154 Å². The smallest absolute Gasteiger partial charge is 0.258 e. The van der Waals surface area contributed by atoms with Gasteiger partial charge in [0.2, 0.25) is 0 Å². The SMILES string of the molecule is O=C(Nc1ccc(-n2ccnc2)cc1)c1cnn(-c2ccc(Cl)cc2)c1. The second-order valence-corrected chi connectivity index (χ2v) is 6.06. The average Bonchev–Trinajstić information content (AvgIpc) is 3.35. The number of nitrogens with one attached hydrogen (secondary N) is 1. The average molecular weight is 364 g/mol. The summed E-state index contributed by atoms with van der Waals surface area (Å²) in [4.78, 5) is 16.4. The van der Waals surface area contributed by atoms with E-state index in [1.54, 1.807) is 35.5 Å². The molecular formula is C19H14ClN5O. The summed E-state index contributed by atoms with van der Waals surface area (Å²) in [6.45, 7) is 0. The summed E-state index contributed by atoms with van der Waals surface area (Å²) in [5.74, 6) is -0.222. The molecule has 4 aromatic rings. The van der Waals surface area contributed by atoms with Gasteiger partial charge in [0.1, 0.15) is 0 Å². The van der Waals surface area contributed by atoms with Gasteiger partial charge in [0.25, 0.3) is 5.91 Å². The fourth-order valence-corrected chi connectivity index (χ4v) is 2.63. The number of rotatable bonds is 4. The van der Waals surface area contributed by atoms with Gasteiger partial charge in [-0.05, 0) is 48.5 Å². The molecule has 2 aromatic carbocycles. The first-order valence-electron chi connectivity index (χ1n) is 7.89. The van der Waals surface area contributed by atoms with Gasteiger partial charge in [0.05, 0.1) is 23.8 Å². The van der Waals surface area contributed by atoms with E-state index in [2.05, 4.69) is 15.4 Å². The molecule has 0 saturated heterocycles. The molecule has 0 aliphatic rings. The third-order valence-corrected chi connectivity index (χ3v) is 4.12. The minimum absolute atomic E-state index is 0.222. The fourth-order valence-electron chi connectivity index (χ4n) is 2.51. The predicted molar refractivity (Wildman–Crippen MR) is 100 cm³/mol. The van der Waals surface area contributed by atoms with Gasteiger partial charge in [-0.3, -0.25) is 4.79 Å². The molecule has 1 N–H and O–H groups in total. The van der Waals surface area contributed by atoms with Gasteiger partial charge >= 0.3 is 0 Å². The van der Waals surface area contributed by atoms with Crippen molar-refractivity contribution in [2.24, 2.45) is 0 Å². The number of hydrogen-bond donors (Lipinski definition) is 1. The number of amides is 1. The Bertz CT molecular complexity index is 1020. The highest BCUT2D eigenvalue weighted by atomic mass is 35.5. The van der Waals surface area contributed by atoms with Crippen LogP contribution in [-0.4, -0.2) is 25.2 Å². The molecule has 26 heavy (non-hydrogen) atoms. The van der Waals surface area contributed by atoms with Crippen molar-refractivity contribution in [1.82, 2.24) is 19.3 Å². The van der Waals surface area contributed by atoms with Crippen molar-refractivity contribution in [3.63, 3.8) is 0 Å². The molecule has 0 aliphatic carbocycles. The Kier molecular flexibility index (Phi) is 4.25. The van der Waals surface area contributed by atoms with Crippen molar-refractivity contribution in [1.29, 1.82) is 0 Å². The van der Waals surface area contributed by atoms with Crippen LogP contribution in [0.4, 0.5) is 5.69 Å². The van der Waals surface area contributed by atoms with E-state index < -0.39 is 0 Å². The summed E-state index contributed by atoms with van der Waals surface area (Å²) < 4.78 is 3.52. The van der Waals surface area contributed by atoms with Crippen LogP contribution in [0.3, 0.4) is 0 Å². The minimum atomic E-state index is -0.222. The molecule has 1 amide bonds. The molecule has 0 unspecified atom stereocenters. The van der Waals surface area contributed by atoms with Crippen molar-refractivity contribution in [3.8, 4) is 11.4 Å². The molecular weight excluding hydrogens is 350 g/mol. The zero-order valence-electron chi connectivity index (χ0n) is 13.6. The summed E-state index contributed by atoms with van der Waals surface area (Å²) in [5, 5.41) is 7.75. The summed E-state index contributed by atoms with van der Waals surface area (Å²) in [7, 11) is 0. The van der Waals surface area contributed by atoms with Gasteiger partial charge in [-0.25, -0.2) is 9.67 Å². The van der Waals surface area contributed by atoms with Crippen molar-refractivity contribution in [3.05, 3.63) is 90.2 Å². The van der Waals surface area contributed by atoms with Crippen LogP contribution in [-0.2, 0) is 0 Å². The number of carbonyl (C=O) groups excluding carboxylic acids is 1. The van der Waals surface area contributed by atoms with E-state index in [-0.39, 0.29) is 5.91 Å². The van der Waals surface area contributed by atoms with Crippen molar-refractivity contribution >= 4 is 23.2 Å². The van der Waals surface area contributed by atoms with E-state index >= 15 is 0 Å². The third-order valence-electron chi connectivity index (χ3n) is 3.86. The molecule has 0 bridgehead atoms. The van der Waals surface area contributed by atoms with Crippen molar-refractivity contribution in [2.75, 3.05) is 5.32 Å². The molecule has 2 aromatic heterocycles. The van der Waals surface area contributed by atoms with Gasteiger partial charge in [0, 0.05) is 35.0 Å². The molecule has 2 heterocycles. The van der Waals surface area contributed by atoms with Crippen LogP contribution < -0.4 is 5.32 Å². The van der Waals surface area contributed by atoms with Gasteiger partial charge in [-0.1, -0.05) is 11.6 Å². The molecule has 0 radical (unpaired) electrons. The van der Waals surface area contributed by atoms with Crippen LogP contribution in [0.25, 0.3) is 11.4 Å². The molecule has 0 aliphatic heterocycles. The minimum Gasteiger partial charge on any atom is -0.322 e. The van der Waals surface area contributed by atoms with Gasteiger partial charge in [0.15, 0.2) is 0 Å². The number of hydrogen-bond acceptors (Lipinski definition) is 3. The highest BCUT2D eigenvalue weighted by Crippen LogP contribution is 2.16. The second-order valence-electron chi connectivity index (χ2n) is 5.62. The molecule has 6 nitrogen and oxygen atoms in total. The van der Waals surface area contributed by atoms with Crippen LogP contribution in [0.1, 0.15) is 10.4 Å². The lowest BCUT2D eigenvalue weighted by Gasteiger charge is -2.06. The van der Waals surface area contributed by atoms with E-state index in [9.17, 15) is 4.79 Å². The molecule has 0 spiro atoms. The number of nitrogens with zero attached hydrogens (tertiary/aromatic N) is 4. The molecule has 4 rings (SSSR count). The van der Waals surface area contributed by atoms with Crippen LogP contribution in [0.5, 0.6) is 0 Å². The lowest BCUT2D eigenvalue weighted by molar-refractivity contribution is 0.102. The van der Waals surface area contributed by atoms with Crippen LogP contribution in [0, 0.1) is 0 Å². The quantitative estimate of drug-likeness (QED) is 0.596. The molecule has 0 fully saturated rings. The number of imidazole rings is 1. The van der Waals surface area contributed by atoms with Crippen molar-refractivity contribution in [2.45, 2.75) is 0 Å². The Morgan fingerprint density at radius 3 is 2.42 bits per heavy atom. The standard InChI is InChI=1S/C19H14ClN5O/c20-15-1-5-18(6-2-15)25-12-14(11-22-25)19(26)23-16-3-7-17(8-4-16)24-10-9-21-13-24/h1-13H,(H,23,26). The predicted octanol–water partition coefficient (Wildman–Crippen LogP) is 3.96. The van der Waals surface area contributed by atoms with E-state index in [0.29, 0.717) is 16.3 Å². The maximum Gasteiger partial charge on any atom is 0.258 e. The Balaban J connectivity index is 1.47. The summed E-state index contributed by atoms with van der Waals surface area (Å²) in [5.41, 5.74) is 2.98. The third kappa shape index (κ3) is 3.36. The first-order chi connectivity index (χ1) is 12.7. The highest BCUT2D eigenvalue weighted by Gasteiger charge is 2.10. The largest absolute Gasteiger partial charge is 0.322 e. The number of anilines is 1. The lowest BCUT2D eigenvalue weighted by Crippen LogP contribution is -2.11. The van der Waals surface area contributed by atoms with Crippen LogP contribution in [0.15, 0.2) is 79.6 Å². The van der Waals surface area contributed by atoms with Gasteiger partial charge < -0.3 is 9.88 Å². The maximum absolute atomic E-state index is 12.4.